The molecule has 0 bridgehead atoms. The fourth-order valence-electron chi connectivity index (χ4n) is 2.25. The summed E-state index contributed by atoms with van der Waals surface area (Å²) in [5, 5.41) is 8.93. The van der Waals surface area contributed by atoms with Crippen LogP contribution in [0.25, 0.3) is 6.08 Å². The van der Waals surface area contributed by atoms with Crippen molar-refractivity contribution in [3.8, 4) is 0 Å². The molecule has 0 aromatic carbocycles. The van der Waals surface area contributed by atoms with Crippen LogP contribution >= 0.6 is 0 Å². The third kappa shape index (κ3) is 8.87. The lowest BCUT2D eigenvalue weighted by molar-refractivity contribution is 0.227. The summed E-state index contributed by atoms with van der Waals surface area (Å²) in [6, 6.07) is 4.05. The van der Waals surface area contributed by atoms with Crippen LogP contribution < -0.4 is 0 Å². The Bertz CT molecular complexity index is 348. The summed E-state index contributed by atoms with van der Waals surface area (Å²) in [5.41, 5.74) is 1.19. The van der Waals surface area contributed by atoms with Crippen LogP contribution in [0, 0.1) is 5.92 Å². The van der Waals surface area contributed by atoms with Gasteiger partial charge in [-0.1, -0.05) is 57.2 Å². The van der Waals surface area contributed by atoms with Gasteiger partial charge in [0.05, 0.1) is 0 Å². The van der Waals surface area contributed by atoms with Gasteiger partial charge in [-0.2, -0.15) is 0 Å². The number of hydrogen-bond donors (Lipinski definition) is 1. The molecule has 0 fully saturated rings. The Hall–Kier alpha value is -1.15. The fraction of sp³-hybridized carbons (Fsp3) is 0.611. The fourth-order valence-corrected chi connectivity index (χ4v) is 2.25. The van der Waals surface area contributed by atoms with Crippen molar-refractivity contribution in [2.45, 2.75) is 58.3 Å². The number of aromatic nitrogens is 1. The maximum atomic E-state index is 8.93. The molecule has 0 spiro atoms. The molecular weight excluding hydrogens is 246 g/mol. The van der Waals surface area contributed by atoms with Gasteiger partial charge in [0, 0.05) is 19.0 Å². The van der Waals surface area contributed by atoms with Gasteiger partial charge in [0.15, 0.2) is 0 Å². The van der Waals surface area contributed by atoms with E-state index in [0.29, 0.717) is 12.5 Å². The minimum Gasteiger partial charge on any atom is -0.396 e. The van der Waals surface area contributed by atoms with Gasteiger partial charge in [0.1, 0.15) is 0 Å². The molecule has 0 saturated carbocycles. The second-order valence-electron chi connectivity index (χ2n) is 5.68. The van der Waals surface area contributed by atoms with Crippen molar-refractivity contribution < 1.29 is 5.11 Å². The zero-order chi connectivity index (χ0) is 14.5. The van der Waals surface area contributed by atoms with Crippen LogP contribution in [0.15, 0.2) is 30.6 Å². The summed E-state index contributed by atoms with van der Waals surface area (Å²) in [6.07, 6.45) is 18.3. The predicted octanol–water partition coefficient (Wildman–Crippen LogP) is 4.84. The number of nitrogens with zero attached hydrogens (tertiary/aromatic N) is 1. The number of unbranched alkanes of at least 4 members (excludes halogenated alkanes) is 6. The molecule has 0 radical (unpaired) electrons. The van der Waals surface area contributed by atoms with Gasteiger partial charge in [0.25, 0.3) is 0 Å². The molecule has 0 saturated heterocycles. The Morgan fingerprint density at radius 2 is 1.90 bits per heavy atom. The van der Waals surface area contributed by atoms with Crippen LogP contribution in [0.4, 0.5) is 0 Å². The first-order chi connectivity index (χ1) is 9.83. The van der Waals surface area contributed by atoms with E-state index >= 15 is 0 Å². The predicted molar refractivity (Wildman–Crippen MR) is 86.5 cm³/mol. The summed E-state index contributed by atoms with van der Waals surface area (Å²) in [7, 11) is 0. The standard InChI is InChI=1S/C18H29NO/c1-17(16-20)11-8-6-4-2-3-5-7-9-12-18-13-10-14-19-15-18/h9-10,12-15,17,20H,2-8,11,16H2,1H3/b12-9+. The van der Waals surface area contributed by atoms with E-state index in [-0.39, 0.29) is 0 Å². The molecular formula is C18H29NO. The van der Waals surface area contributed by atoms with E-state index in [4.69, 9.17) is 5.11 Å². The topological polar surface area (TPSA) is 33.1 Å². The molecule has 1 atom stereocenters. The van der Waals surface area contributed by atoms with Gasteiger partial charge in [-0.15, -0.1) is 0 Å². The molecule has 1 rings (SSSR count). The maximum Gasteiger partial charge on any atom is 0.0456 e. The lowest BCUT2D eigenvalue weighted by Crippen LogP contribution is -1.99. The third-order valence-electron chi connectivity index (χ3n) is 3.62. The van der Waals surface area contributed by atoms with Crippen molar-refractivity contribution in [3.63, 3.8) is 0 Å². The van der Waals surface area contributed by atoms with Crippen molar-refractivity contribution in [1.82, 2.24) is 4.98 Å². The molecule has 2 heteroatoms. The number of aliphatic hydroxyl groups is 1. The summed E-state index contributed by atoms with van der Waals surface area (Å²) in [4.78, 5) is 4.09. The van der Waals surface area contributed by atoms with E-state index in [1.165, 1.54) is 50.5 Å². The number of allylic oxidation sites excluding steroid dienone is 1. The number of hydrogen-bond acceptors (Lipinski definition) is 2. The lowest BCUT2D eigenvalue weighted by atomic mass is 10.0. The Morgan fingerprint density at radius 3 is 2.60 bits per heavy atom. The Kier molecular flexibility index (Phi) is 9.85. The smallest absolute Gasteiger partial charge is 0.0456 e. The van der Waals surface area contributed by atoms with Crippen LogP contribution in [0.2, 0.25) is 0 Å². The van der Waals surface area contributed by atoms with Crippen molar-refractivity contribution in [2.24, 2.45) is 5.92 Å². The molecule has 0 aliphatic heterocycles. The highest BCUT2D eigenvalue weighted by atomic mass is 16.3. The summed E-state index contributed by atoms with van der Waals surface area (Å²) >= 11 is 0. The molecule has 1 aromatic heterocycles. The molecule has 112 valence electrons. The quantitative estimate of drug-likeness (QED) is 0.586. The van der Waals surface area contributed by atoms with Gasteiger partial charge in [-0.05, 0) is 36.8 Å². The number of pyridine rings is 1. The van der Waals surface area contributed by atoms with Gasteiger partial charge in [-0.3, -0.25) is 4.98 Å². The molecule has 1 aromatic rings. The third-order valence-corrected chi connectivity index (χ3v) is 3.62. The van der Waals surface area contributed by atoms with Crippen LogP contribution in [-0.4, -0.2) is 16.7 Å². The van der Waals surface area contributed by atoms with Crippen LogP contribution in [0.1, 0.15) is 63.9 Å². The second kappa shape index (κ2) is 11.7. The highest BCUT2D eigenvalue weighted by Gasteiger charge is 1.98. The Balaban J connectivity index is 1.89. The average Bonchev–Trinajstić information content (AvgIpc) is 2.50. The zero-order valence-electron chi connectivity index (χ0n) is 12.8. The highest BCUT2D eigenvalue weighted by Crippen LogP contribution is 2.12. The van der Waals surface area contributed by atoms with Crippen molar-refractivity contribution >= 4 is 6.08 Å². The second-order valence-corrected chi connectivity index (χ2v) is 5.68. The summed E-state index contributed by atoms with van der Waals surface area (Å²) in [5.74, 6) is 0.479. The molecule has 2 nitrogen and oxygen atoms in total. The first-order valence-corrected chi connectivity index (χ1v) is 8.00. The van der Waals surface area contributed by atoms with Gasteiger partial charge in [-0.25, -0.2) is 0 Å². The van der Waals surface area contributed by atoms with Crippen molar-refractivity contribution in [1.29, 1.82) is 0 Å². The van der Waals surface area contributed by atoms with Crippen molar-refractivity contribution in [2.75, 3.05) is 6.61 Å². The Morgan fingerprint density at radius 1 is 1.15 bits per heavy atom. The first kappa shape index (κ1) is 16.9. The first-order valence-electron chi connectivity index (χ1n) is 8.00. The molecule has 0 aliphatic rings. The van der Waals surface area contributed by atoms with E-state index in [0.717, 1.165) is 6.42 Å². The lowest BCUT2D eigenvalue weighted by Gasteiger charge is -2.06. The number of rotatable bonds is 11. The van der Waals surface area contributed by atoms with E-state index in [2.05, 4.69) is 30.1 Å². The molecule has 20 heavy (non-hydrogen) atoms. The van der Waals surface area contributed by atoms with Crippen LogP contribution in [-0.2, 0) is 0 Å². The van der Waals surface area contributed by atoms with E-state index in [1.54, 1.807) is 6.20 Å². The minimum atomic E-state index is 0.337. The molecule has 1 heterocycles. The van der Waals surface area contributed by atoms with E-state index in [1.807, 2.05) is 12.3 Å². The largest absolute Gasteiger partial charge is 0.396 e. The number of aliphatic hydroxyl groups excluding tert-OH is 1. The monoisotopic (exact) mass is 275 g/mol. The van der Waals surface area contributed by atoms with Crippen molar-refractivity contribution in [3.05, 3.63) is 36.2 Å². The van der Waals surface area contributed by atoms with Crippen LogP contribution in [0.3, 0.4) is 0 Å². The maximum absolute atomic E-state index is 8.93. The SMILES string of the molecule is CC(CO)CCCCCCCC/C=C/c1cccnc1. The highest BCUT2D eigenvalue weighted by molar-refractivity contribution is 5.46. The summed E-state index contributed by atoms with van der Waals surface area (Å²) < 4.78 is 0. The minimum absolute atomic E-state index is 0.337. The van der Waals surface area contributed by atoms with E-state index < -0.39 is 0 Å². The molecule has 0 amide bonds. The van der Waals surface area contributed by atoms with E-state index in [9.17, 15) is 0 Å². The molecule has 0 aliphatic carbocycles. The van der Waals surface area contributed by atoms with Gasteiger partial charge >= 0.3 is 0 Å². The summed E-state index contributed by atoms with van der Waals surface area (Å²) in [6.45, 7) is 2.46. The molecule has 1 unspecified atom stereocenters. The zero-order valence-corrected chi connectivity index (χ0v) is 12.8. The normalized spacial score (nSPS) is 12.9. The van der Waals surface area contributed by atoms with Gasteiger partial charge in [0.2, 0.25) is 0 Å². The van der Waals surface area contributed by atoms with Crippen LogP contribution in [0.5, 0.6) is 0 Å². The Labute approximate surface area is 123 Å². The average molecular weight is 275 g/mol. The van der Waals surface area contributed by atoms with Gasteiger partial charge < -0.3 is 5.11 Å². The molecule has 1 N–H and O–H groups in total.